The molecule has 1 fully saturated rings. The van der Waals surface area contributed by atoms with Crippen LogP contribution < -0.4 is 0 Å². The summed E-state index contributed by atoms with van der Waals surface area (Å²) in [5.74, 6) is 2.70. The van der Waals surface area contributed by atoms with Gasteiger partial charge in [-0.2, -0.15) is 0 Å². The first kappa shape index (κ1) is 19.1. The lowest BCUT2D eigenvalue weighted by atomic mass is 10.0. The summed E-state index contributed by atoms with van der Waals surface area (Å²) in [5, 5.41) is 0. The Balaban J connectivity index is 2.07. The van der Waals surface area contributed by atoms with Crippen LogP contribution in [0.5, 0.6) is 0 Å². The Morgan fingerprint density at radius 3 is 2.36 bits per heavy atom. The Morgan fingerprint density at radius 2 is 1.84 bits per heavy atom. The number of hydrogen-bond acceptors (Lipinski definition) is 2. The molecular formula is C23H28O2. The number of aryl methyl sites for hydroxylation is 1. The van der Waals surface area contributed by atoms with Crippen molar-refractivity contribution in [2.75, 3.05) is 6.61 Å². The molecule has 1 aliphatic carbocycles. The van der Waals surface area contributed by atoms with Gasteiger partial charge in [-0.3, -0.25) is 4.79 Å². The van der Waals surface area contributed by atoms with E-state index in [1.54, 1.807) is 0 Å². The van der Waals surface area contributed by atoms with Gasteiger partial charge in [0, 0.05) is 5.57 Å². The van der Waals surface area contributed by atoms with E-state index >= 15 is 0 Å². The minimum atomic E-state index is -0.156. The van der Waals surface area contributed by atoms with Crippen molar-refractivity contribution in [1.82, 2.24) is 0 Å². The molecule has 0 aliphatic heterocycles. The maximum atomic E-state index is 12.5. The number of allylic oxidation sites excluding steroid dienone is 3. The van der Waals surface area contributed by atoms with Crippen molar-refractivity contribution in [3.63, 3.8) is 0 Å². The molecule has 2 unspecified atom stereocenters. The minimum Gasteiger partial charge on any atom is -0.460 e. The molecule has 0 N–H and O–H groups in total. The molecule has 1 aliphatic rings. The Bertz CT molecular complexity index is 750. The predicted molar refractivity (Wildman–Crippen MR) is 104 cm³/mol. The van der Waals surface area contributed by atoms with Gasteiger partial charge >= 0.3 is 5.97 Å². The zero-order chi connectivity index (χ0) is 18.8. The Kier molecular flexibility index (Phi) is 5.58. The third-order valence-electron chi connectivity index (χ3n) is 5.15. The van der Waals surface area contributed by atoms with Crippen LogP contribution in [0.4, 0.5) is 0 Å². The van der Waals surface area contributed by atoms with E-state index in [-0.39, 0.29) is 29.8 Å². The van der Waals surface area contributed by atoms with E-state index in [0.29, 0.717) is 0 Å². The zero-order valence-corrected chi connectivity index (χ0v) is 16.1. The summed E-state index contributed by atoms with van der Waals surface area (Å²) >= 11 is 0. The Morgan fingerprint density at radius 1 is 1.24 bits per heavy atom. The molecular weight excluding hydrogens is 308 g/mol. The normalized spacial score (nSPS) is 21.6. The van der Waals surface area contributed by atoms with Gasteiger partial charge < -0.3 is 4.74 Å². The van der Waals surface area contributed by atoms with Gasteiger partial charge in [0.15, 0.2) is 0 Å². The maximum absolute atomic E-state index is 12.5. The molecule has 2 atom stereocenters. The second-order valence-corrected chi connectivity index (χ2v) is 7.79. The monoisotopic (exact) mass is 336 g/mol. The second-order valence-electron chi connectivity index (χ2n) is 7.79. The van der Waals surface area contributed by atoms with E-state index in [1.807, 2.05) is 26.0 Å². The van der Waals surface area contributed by atoms with Crippen LogP contribution in [0.2, 0.25) is 0 Å². The third kappa shape index (κ3) is 4.23. The van der Waals surface area contributed by atoms with Crippen LogP contribution in [0.3, 0.4) is 0 Å². The fraction of sp³-hybridized carbons (Fsp3) is 0.435. The number of benzene rings is 1. The number of carbonyl (C=O) groups excluding carboxylic acids is 1. The molecule has 0 amide bonds. The highest BCUT2D eigenvalue weighted by molar-refractivity contribution is 5.79. The van der Waals surface area contributed by atoms with Crippen LogP contribution in [-0.2, 0) is 9.53 Å². The van der Waals surface area contributed by atoms with E-state index in [9.17, 15) is 4.79 Å². The molecule has 0 heterocycles. The minimum absolute atomic E-state index is 0.0413. The lowest BCUT2D eigenvalue weighted by molar-refractivity contribution is -0.145. The van der Waals surface area contributed by atoms with Gasteiger partial charge in [-0.15, -0.1) is 6.42 Å². The lowest BCUT2D eigenvalue weighted by Gasteiger charge is -2.10. The molecule has 1 saturated carbocycles. The zero-order valence-electron chi connectivity index (χ0n) is 16.1. The quantitative estimate of drug-likeness (QED) is 0.420. The molecule has 0 saturated heterocycles. The third-order valence-corrected chi connectivity index (χ3v) is 5.15. The molecule has 2 heteroatoms. The van der Waals surface area contributed by atoms with Crippen LogP contribution in [-0.4, -0.2) is 12.6 Å². The first-order valence-corrected chi connectivity index (χ1v) is 8.73. The van der Waals surface area contributed by atoms with Crippen LogP contribution in [0.25, 0.3) is 5.57 Å². The molecule has 0 spiro atoms. The smallest absolute Gasteiger partial charge is 0.310 e. The van der Waals surface area contributed by atoms with Crippen molar-refractivity contribution in [2.24, 2.45) is 17.3 Å². The first-order valence-electron chi connectivity index (χ1n) is 8.73. The van der Waals surface area contributed by atoms with E-state index in [2.05, 4.69) is 51.8 Å². The molecule has 1 aromatic rings. The Hall–Kier alpha value is -2.27. The average Bonchev–Trinajstić information content (AvgIpc) is 3.07. The topological polar surface area (TPSA) is 26.3 Å². The molecule has 132 valence electrons. The number of ether oxygens (including phenoxy) is 1. The number of carbonyl (C=O) groups is 1. The highest BCUT2D eigenvalue weighted by atomic mass is 16.5. The summed E-state index contributed by atoms with van der Waals surface area (Å²) in [7, 11) is 0. The van der Waals surface area contributed by atoms with Crippen molar-refractivity contribution < 1.29 is 9.53 Å². The van der Waals surface area contributed by atoms with E-state index < -0.39 is 0 Å². The lowest BCUT2D eigenvalue weighted by Crippen LogP contribution is -2.13. The molecule has 0 radical (unpaired) electrons. The van der Waals surface area contributed by atoms with E-state index in [1.165, 1.54) is 11.1 Å². The van der Waals surface area contributed by atoms with Crippen molar-refractivity contribution in [3.05, 3.63) is 52.6 Å². The van der Waals surface area contributed by atoms with Gasteiger partial charge in [-0.05, 0) is 50.2 Å². The number of hydrogen-bond donors (Lipinski definition) is 0. The van der Waals surface area contributed by atoms with E-state index in [4.69, 9.17) is 11.2 Å². The average molecular weight is 336 g/mol. The molecule has 2 nitrogen and oxygen atoms in total. The molecule has 0 bridgehead atoms. The van der Waals surface area contributed by atoms with Crippen molar-refractivity contribution in [2.45, 2.75) is 41.5 Å². The first-order chi connectivity index (χ1) is 11.7. The summed E-state index contributed by atoms with van der Waals surface area (Å²) in [4.78, 5) is 12.5. The SMILES string of the molecule is C#C/C(COC(=O)C1C(C=C(C)C)C1(C)C)=C(/C)c1ccc(C)cc1. The standard InChI is InChI=1S/C23H28O2/c1-8-18(17(5)19-11-9-16(4)10-12-19)14-25-22(24)21-20(13-15(2)3)23(21,6)7/h1,9-13,20-21H,14H2,2-7H3/b18-17+. The van der Waals surface area contributed by atoms with Gasteiger partial charge in [0.05, 0.1) is 5.92 Å². The van der Waals surface area contributed by atoms with Gasteiger partial charge in [0.25, 0.3) is 0 Å². The van der Waals surface area contributed by atoms with Gasteiger partial charge in [-0.25, -0.2) is 0 Å². The van der Waals surface area contributed by atoms with Crippen LogP contribution in [0.1, 0.15) is 45.7 Å². The fourth-order valence-electron chi connectivity index (χ4n) is 3.27. The van der Waals surface area contributed by atoms with Crippen molar-refractivity contribution in [3.8, 4) is 12.3 Å². The highest BCUT2D eigenvalue weighted by Gasteiger charge is 2.61. The summed E-state index contributed by atoms with van der Waals surface area (Å²) in [6.45, 7) is 12.5. The maximum Gasteiger partial charge on any atom is 0.310 e. The molecule has 25 heavy (non-hydrogen) atoms. The molecule has 1 aromatic carbocycles. The summed E-state index contributed by atoms with van der Waals surface area (Å²) in [5.41, 5.74) is 5.14. The second kappa shape index (κ2) is 7.31. The summed E-state index contributed by atoms with van der Waals surface area (Å²) < 4.78 is 5.56. The van der Waals surface area contributed by atoms with Gasteiger partial charge in [-0.1, -0.05) is 61.2 Å². The van der Waals surface area contributed by atoms with Crippen LogP contribution in [0, 0.1) is 36.5 Å². The summed E-state index contributed by atoms with van der Waals surface area (Å²) in [6.07, 6.45) is 7.82. The van der Waals surface area contributed by atoms with Crippen molar-refractivity contribution in [1.29, 1.82) is 0 Å². The Labute approximate surface area is 152 Å². The fourth-order valence-corrected chi connectivity index (χ4v) is 3.27. The number of rotatable bonds is 5. The van der Waals surface area contributed by atoms with Gasteiger partial charge in [0.1, 0.15) is 6.61 Å². The predicted octanol–water partition coefficient (Wildman–Crippen LogP) is 5.18. The van der Waals surface area contributed by atoms with Crippen LogP contribution >= 0.6 is 0 Å². The molecule has 0 aromatic heterocycles. The van der Waals surface area contributed by atoms with E-state index in [0.717, 1.165) is 16.7 Å². The highest BCUT2D eigenvalue weighted by Crippen LogP contribution is 2.59. The van der Waals surface area contributed by atoms with Crippen molar-refractivity contribution >= 4 is 11.5 Å². The van der Waals surface area contributed by atoms with Crippen LogP contribution in [0.15, 0.2) is 41.5 Å². The largest absolute Gasteiger partial charge is 0.460 e. The number of esters is 1. The molecule has 2 rings (SSSR count). The number of terminal acetylenes is 1. The van der Waals surface area contributed by atoms with Gasteiger partial charge in [0.2, 0.25) is 0 Å². The summed E-state index contributed by atoms with van der Waals surface area (Å²) in [6, 6.07) is 8.18.